The van der Waals surface area contributed by atoms with Crippen molar-refractivity contribution in [1.29, 1.82) is 0 Å². The second kappa shape index (κ2) is 9.56. The van der Waals surface area contributed by atoms with Crippen LogP contribution in [0.3, 0.4) is 0 Å². The molecule has 3 atom stereocenters. The molecule has 152 valence electrons. The number of nitrogens with one attached hydrogen (secondary N) is 2. The van der Waals surface area contributed by atoms with Gasteiger partial charge in [-0.1, -0.05) is 51.1 Å². The maximum Gasteiger partial charge on any atom is 0.191 e. The maximum absolute atomic E-state index is 10.8. The zero-order chi connectivity index (χ0) is 19.9. The molecule has 1 saturated heterocycles. The molecule has 1 aliphatic heterocycles. The molecule has 27 heavy (non-hydrogen) atoms. The Morgan fingerprint density at radius 1 is 1.19 bits per heavy atom. The third-order valence-electron chi connectivity index (χ3n) is 5.12. The minimum atomic E-state index is -0.995. The first-order chi connectivity index (χ1) is 12.7. The van der Waals surface area contributed by atoms with Crippen molar-refractivity contribution in [2.45, 2.75) is 59.2 Å². The van der Waals surface area contributed by atoms with Crippen molar-refractivity contribution in [2.24, 2.45) is 16.3 Å². The Bertz CT molecular complexity index is 593. The van der Waals surface area contributed by atoms with Crippen molar-refractivity contribution >= 4 is 5.96 Å². The molecule has 3 N–H and O–H groups in total. The summed E-state index contributed by atoms with van der Waals surface area (Å²) in [5, 5.41) is 17.5. The predicted octanol–water partition coefficient (Wildman–Crippen LogP) is 3.29. The van der Waals surface area contributed by atoms with Gasteiger partial charge in [-0.2, -0.15) is 0 Å². The molecule has 2 rings (SSSR count). The monoisotopic (exact) mass is 375 g/mol. The lowest BCUT2D eigenvalue weighted by Gasteiger charge is -2.40. The highest BCUT2D eigenvalue weighted by molar-refractivity contribution is 5.79. The Labute approximate surface area is 164 Å². The average Bonchev–Trinajstić information content (AvgIpc) is 2.64. The summed E-state index contributed by atoms with van der Waals surface area (Å²) in [5.41, 5.74) is 0.00292. The van der Waals surface area contributed by atoms with Crippen LogP contribution in [0.5, 0.6) is 0 Å². The Morgan fingerprint density at radius 2 is 1.89 bits per heavy atom. The van der Waals surface area contributed by atoms with Crippen molar-refractivity contribution in [2.75, 3.05) is 26.2 Å². The summed E-state index contributed by atoms with van der Waals surface area (Å²) in [6.45, 7) is 13.3. The molecule has 5 nitrogen and oxygen atoms in total. The largest absolute Gasteiger partial charge is 0.384 e. The number of hydrogen-bond donors (Lipinski definition) is 3. The van der Waals surface area contributed by atoms with Crippen LogP contribution in [0.2, 0.25) is 0 Å². The SMILES string of the molecule is CCNC(=NCC(C)(O)c1ccccc1)NCC1CCCOC1C(C)(C)C. The van der Waals surface area contributed by atoms with E-state index in [-0.39, 0.29) is 11.5 Å². The first-order valence-electron chi connectivity index (χ1n) is 10.2. The molecular weight excluding hydrogens is 338 g/mol. The van der Waals surface area contributed by atoms with E-state index in [1.807, 2.05) is 37.3 Å². The van der Waals surface area contributed by atoms with Crippen LogP contribution in [0, 0.1) is 11.3 Å². The zero-order valence-corrected chi connectivity index (χ0v) is 17.6. The summed E-state index contributed by atoms with van der Waals surface area (Å²) < 4.78 is 6.08. The molecule has 1 fully saturated rings. The molecule has 0 bridgehead atoms. The van der Waals surface area contributed by atoms with E-state index >= 15 is 0 Å². The van der Waals surface area contributed by atoms with Gasteiger partial charge in [-0.25, -0.2) is 4.99 Å². The summed E-state index contributed by atoms with van der Waals surface area (Å²) in [4.78, 5) is 4.64. The Kier molecular flexibility index (Phi) is 7.68. The molecular formula is C22H37N3O2. The van der Waals surface area contributed by atoms with E-state index in [1.54, 1.807) is 6.92 Å². The molecule has 0 radical (unpaired) electrons. The second-order valence-corrected chi connectivity index (χ2v) is 8.78. The van der Waals surface area contributed by atoms with E-state index in [0.717, 1.165) is 44.1 Å². The summed E-state index contributed by atoms with van der Waals surface area (Å²) in [6, 6.07) is 9.69. The van der Waals surface area contributed by atoms with Crippen molar-refractivity contribution in [3.05, 3.63) is 35.9 Å². The summed E-state index contributed by atoms with van der Waals surface area (Å²) >= 11 is 0. The smallest absolute Gasteiger partial charge is 0.191 e. The number of ether oxygens (including phenoxy) is 1. The van der Waals surface area contributed by atoms with Crippen molar-refractivity contribution in [3.8, 4) is 0 Å². The summed E-state index contributed by atoms with van der Waals surface area (Å²) in [5.74, 6) is 1.20. The average molecular weight is 376 g/mol. The normalized spacial score (nSPS) is 23.6. The number of aliphatic hydroxyl groups is 1. The maximum atomic E-state index is 10.8. The van der Waals surface area contributed by atoms with E-state index in [2.05, 4.69) is 36.4 Å². The van der Waals surface area contributed by atoms with Gasteiger partial charge in [0.05, 0.1) is 12.6 Å². The Balaban J connectivity index is 2.01. The number of aliphatic imine (C=N–C) groups is 1. The fraction of sp³-hybridized carbons (Fsp3) is 0.682. The van der Waals surface area contributed by atoms with Gasteiger partial charge in [0.2, 0.25) is 0 Å². The first kappa shape index (κ1) is 21.7. The van der Waals surface area contributed by atoms with Crippen LogP contribution >= 0.6 is 0 Å². The van der Waals surface area contributed by atoms with Crippen LogP contribution in [-0.2, 0) is 10.3 Å². The Morgan fingerprint density at radius 3 is 2.52 bits per heavy atom. The van der Waals surface area contributed by atoms with E-state index in [1.165, 1.54) is 0 Å². The highest BCUT2D eigenvalue weighted by Crippen LogP contribution is 2.33. The number of rotatable bonds is 6. The zero-order valence-electron chi connectivity index (χ0n) is 17.6. The molecule has 0 spiro atoms. The fourth-order valence-corrected chi connectivity index (χ4v) is 3.70. The van der Waals surface area contributed by atoms with Gasteiger partial charge in [0, 0.05) is 25.6 Å². The number of nitrogens with zero attached hydrogens (tertiary/aromatic N) is 1. The number of hydrogen-bond acceptors (Lipinski definition) is 3. The van der Waals surface area contributed by atoms with Gasteiger partial charge in [-0.05, 0) is 37.7 Å². The van der Waals surface area contributed by atoms with Crippen molar-refractivity contribution < 1.29 is 9.84 Å². The molecule has 0 aromatic heterocycles. The standard InChI is InChI=1S/C22H37N3O2/c1-6-23-20(25-16-22(5,26)18-12-8-7-9-13-18)24-15-17-11-10-14-27-19(17)21(2,3)4/h7-9,12-13,17,19,26H,6,10-11,14-16H2,1-5H3,(H2,23,24,25). The summed E-state index contributed by atoms with van der Waals surface area (Å²) in [7, 11) is 0. The van der Waals surface area contributed by atoms with E-state index in [9.17, 15) is 5.11 Å². The van der Waals surface area contributed by atoms with Crippen molar-refractivity contribution in [1.82, 2.24) is 10.6 Å². The van der Waals surface area contributed by atoms with Gasteiger partial charge in [-0.15, -0.1) is 0 Å². The van der Waals surface area contributed by atoms with Gasteiger partial charge < -0.3 is 20.5 Å². The van der Waals surface area contributed by atoms with Gasteiger partial charge >= 0.3 is 0 Å². The van der Waals surface area contributed by atoms with E-state index in [4.69, 9.17) is 4.74 Å². The molecule has 3 unspecified atom stereocenters. The van der Waals surface area contributed by atoms with E-state index in [0.29, 0.717) is 12.5 Å². The highest BCUT2D eigenvalue weighted by atomic mass is 16.5. The van der Waals surface area contributed by atoms with E-state index < -0.39 is 5.60 Å². The van der Waals surface area contributed by atoms with Crippen LogP contribution in [0.1, 0.15) is 53.0 Å². The summed E-state index contributed by atoms with van der Waals surface area (Å²) in [6.07, 6.45) is 2.51. The molecule has 0 saturated carbocycles. The van der Waals surface area contributed by atoms with Gasteiger partial charge in [-0.3, -0.25) is 0 Å². The van der Waals surface area contributed by atoms with Crippen LogP contribution in [-0.4, -0.2) is 43.4 Å². The Hall–Kier alpha value is -1.59. The number of guanidine groups is 1. The minimum absolute atomic E-state index is 0.124. The molecule has 1 heterocycles. The second-order valence-electron chi connectivity index (χ2n) is 8.78. The molecule has 1 aromatic carbocycles. The van der Waals surface area contributed by atoms with Crippen molar-refractivity contribution in [3.63, 3.8) is 0 Å². The van der Waals surface area contributed by atoms with Crippen LogP contribution < -0.4 is 10.6 Å². The van der Waals surface area contributed by atoms with Gasteiger partial charge in [0.15, 0.2) is 5.96 Å². The lowest BCUT2D eigenvalue weighted by molar-refractivity contribution is -0.0835. The lowest BCUT2D eigenvalue weighted by Crippen LogP contribution is -2.47. The number of benzene rings is 1. The van der Waals surface area contributed by atoms with Crippen LogP contribution in [0.4, 0.5) is 0 Å². The molecule has 0 aliphatic carbocycles. The van der Waals surface area contributed by atoms with Crippen LogP contribution in [0.25, 0.3) is 0 Å². The third kappa shape index (κ3) is 6.51. The molecule has 5 heteroatoms. The first-order valence-corrected chi connectivity index (χ1v) is 10.2. The highest BCUT2D eigenvalue weighted by Gasteiger charge is 2.35. The van der Waals surface area contributed by atoms with Gasteiger partial charge in [0.25, 0.3) is 0 Å². The minimum Gasteiger partial charge on any atom is -0.384 e. The lowest BCUT2D eigenvalue weighted by atomic mass is 9.78. The predicted molar refractivity (Wildman–Crippen MR) is 112 cm³/mol. The van der Waals surface area contributed by atoms with Crippen LogP contribution in [0.15, 0.2) is 35.3 Å². The quantitative estimate of drug-likeness (QED) is 0.527. The molecule has 1 aliphatic rings. The van der Waals surface area contributed by atoms with Gasteiger partial charge in [0.1, 0.15) is 5.60 Å². The molecule has 0 amide bonds. The topological polar surface area (TPSA) is 65.9 Å². The third-order valence-corrected chi connectivity index (χ3v) is 5.12. The molecule has 1 aromatic rings. The fourth-order valence-electron chi connectivity index (χ4n) is 3.70.